The first-order chi connectivity index (χ1) is 10.3. The summed E-state index contributed by atoms with van der Waals surface area (Å²) in [6.07, 6.45) is 5.24. The Balaban J connectivity index is 2.10. The molecule has 0 amide bonds. The molecule has 0 aromatic heterocycles. The van der Waals surface area contributed by atoms with Crippen LogP contribution in [0.5, 0.6) is 5.75 Å². The average Bonchev–Trinajstić information content (AvgIpc) is 2.42. The standard InChI is InChI=1S/C18H30N2O/c1-4-13-19-17(14-20(3)15-9-8-10-15)16-11-6-7-12-18(16)21-5-2/h6-7,11-12,15,17,19H,4-5,8-10,13-14H2,1-3H3. The number of para-hydroxylation sites is 1. The second-order valence-electron chi connectivity index (χ2n) is 6.00. The van der Waals surface area contributed by atoms with Gasteiger partial charge >= 0.3 is 0 Å². The van der Waals surface area contributed by atoms with E-state index in [1.54, 1.807) is 0 Å². The van der Waals surface area contributed by atoms with Crippen molar-refractivity contribution in [3.63, 3.8) is 0 Å². The van der Waals surface area contributed by atoms with Crippen molar-refractivity contribution in [3.05, 3.63) is 29.8 Å². The zero-order valence-electron chi connectivity index (χ0n) is 13.8. The van der Waals surface area contributed by atoms with Crippen LogP contribution in [0.4, 0.5) is 0 Å². The predicted molar refractivity (Wildman–Crippen MR) is 88.9 cm³/mol. The van der Waals surface area contributed by atoms with Gasteiger partial charge in [-0.15, -0.1) is 0 Å². The minimum atomic E-state index is 0.346. The van der Waals surface area contributed by atoms with E-state index < -0.39 is 0 Å². The number of nitrogens with zero attached hydrogens (tertiary/aromatic N) is 1. The Morgan fingerprint density at radius 2 is 2.05 bits per heavy atom. The maximum Gasteiger partial charge on any atom is 0.124 e. The van der Waals surface area contributed by atoms with E-state index in [1.165, 1.54) is 24.8 Å². The Morgan fingerprint density at radius 1 is 1.29 bits per heavy atom. The lowest BCUT2D eigenvalue weighted by Gasteiger charge is -2.37. The lowest BCUT2D eigenvalue weighted by atomic mass is 9.91. The number of rotatable bonds is 9. The van der Waals surface area contributed by atoms with Gasteiger partial charge < -0.3 is 15.0 Å². The fourth-order valence-corrected chi connectivity index (χ4v) is 2.91. The van der Waals surface area contributed by atoms with Crippen molar-refractivity contribution in [1.29, 1.82) is 0 Å². The first-order valence-electron chi connectivity index (χ1n) is 8.41. The highest BCUT2D eigenvalue weighted by atomic mass is 16.5. The monoisotopic (exact) mass is 290 g/mol. The molecule has 1 atom stereocenters. The molecule has 0 radical (unpaired) electrons. The van der Waals surface area contributed by atoms with Crippen LogP contribution in [0, 0.1) is 0 Å². The third kappa shape index (κ3) is 4.45. The molecule has 21 heavy (non-hydrogen) atoms. The first-order valence-corrected chi connectivity index (χ1v) is 8.41. The van der Waals surface area contributed by atoms with E-state index in [0.29, 0.717) is 6.04 Å². The Hall–Kier alpha value is -1.06. The molecule has 1 saturated carbocycles. The Kier molecular flexibility index (Phi) is 6.52. The van der Waals surface area contributed by atoms with Gasteiger partial charge in [-0.05, 0) is 45.8 Å². The van der Waals surface area contributed by atoms with Crippen molar-refractivity contribution in [2.45, 2.75) is 51.6 Å². The van der Waals surface area contributed by atoms with Gasteiger partial charge in [0.2, 0.25) is 0 Å². The fourth-order valence-electron chi connectivity index (χ4n) is 2.91. The number of hydrogen-bond donors (Lipinski definition) is 1. The molecule has 0 heterocycles. The summed E-state index contributed by atoms with van der Waals surface area (Å²) in [6, 6.07) is 9.58. The summed E-state index contributed by atoms with van der Waals surface area (Å²) < 4.78 is 5.82. The average molecular weight is 290 g/mol. The topological polar surface area (TPSA) is 24.5 Å². The SMILES string of the molecule is CCCNC(CN(C)C1CCC1)c1ccccc1OCC. The molecule has 1 aromatic rings. The van der Waals surface area contributed by atoms with Gasteiger partial charge in [-0.3, -0.25) is 0 Å². The zero-order valence-corrected chi connectivity index (χ0v) is 13.8. The maximum atomic E-state index is 5.82. The predicted octanol–water partition coefficient (Wildman–Crippen LogP) is 3.61. The molecule has 118 valence electrons. The highest BCUT2D eigenvalue weighted by Gasteiger charge is 2.25. The van der Waals surface area contributed by atoms with Crippen LogP contribution in [0.1, 0.15) is 51.1 Å². The third-order valence-corrected chi connectivity index (χ3v) is 4.40. The summed E-state index contributed by atoms with van der Waals surface area (Å²) in [5.41, 5.74) is 1.29. The molecule has 2 rings (SSSR count). The summed E-state index contributed by atoms with van der Waals surface area (Å²) in [4.78, 5) is 2.51. The van der Waals surface area contributed by atoms with Gasteiger partial charge in [-0.25, -0.2) is 0 Å². The van der Waals surface area contributed by atoms with Crippen molar-refractivity contribution in [2.24, 2.45) is 0 Å². The van der Waals surface area contributed by atoms with Crippen LogP contribution >= 0.6 is 0 Å². The lowest BCUT2D eigenvalue weighted by Crippen LogP contribution is -2.42. The molecule has 1 N–H and O–H groups in total. The molecular formula is C18H30N2O. The van der Waals surface area contributed by atoms with Crippen molar-refractivity contribution in [3.8, 4) is 5.75 Å². The van der Waals surface area contributed by atoms with Crippen LogP contribution in [0.2, 0.25) is 0 Å². The minimum absolute atomic E-state index is 0.346. The number of benzene rings is 1. The van der Waals surface area contributed by atoms with Gasteiger partial charge in [0.25, 0.3) is 0 Å². The molecule has 0 bridgehead atoms. The number of likely N-dealkylation sites (N-methyl/N-ethyl adjacent to an activating group) is 1. The third-order valence-electron chi connectivity index (χ3n) is 4.40. The largest absolute Gasteiger partial charge is 0.494 e. The summed E-state index contributed by atoms with van der Waals surface area (Å²) in [5, 5.41) is 3.70. The number of ether oxygens (including phenoxy) is 1. The Labute approximate surface area is 129 Å². The molecule has 1 aliphatic carbocycles. The Morgan fingerprint density at radius 3 is 2.67 bits per heavy atom. The normalized spacial score (nSPS) is 16.8. The maximum absolute atomic E-state index is 5.82. The van der Waals surface area contributed by atoms with E-state index >= 15 is 0 Å². The summed E-state index contributed by atoms with van der Waals surface area (Å²) in [7, 11) is 2.26. The fraction of sp³-hybridized carbons (Fsp3) is 0.667. The summed E-state index contributed by atoms with van der Waals surface area (Å²) in [6.45, 7) is 7.08. The van der Waals surface area contributed by atoms with Crippen LogP contribution in [0.3, 0.4) is 0 Å². The highest BCUT2D eigenvalue weighted by Crippen LogP contribution is 2.29. The van der Waals surface area contributed by atoms with E-state index in [-0.39, 0.29) is 0 Å². The van der Waals surface area contributed by atoms with Gasteiger partial charge in [0.1, 0.15) is 5.75 Å². The van der Waals surface area contributed by atoms with Crippen LogP contribution in [-0.4, -0.2) is 37.7 Å². The van der Waals surface area contributed by atoms with Gasteiger partial charge in [0.05, 0.1) is 6.61 Å². The number of nitrogens with one attached hydrogen (secondary N) is 1. The molecule has 0 aliphatic heterocycles. The smallest absolute Gasteiger partial charge is 0.124 e. The Bertz CT molecular complexity index is 417. The van der Waals surface area contributed by atoms with E-state index in [9.17, 15) is 0 Å². The van der Waals surface area contributed by atoms with Crippen LogP contribution in [0.15, 0.2) is 24.3 Å². The van der Waals surface area contributed by atoms with E-state index in [0.717, 1.165) is 37.9 Å². The van der Waals surface area contributed by atoms with Gasteiger partial charge in [-0.1, -0.05) is 31.5 Å². The van der Waals surface area contributed by atoms with Gasteiger partial charge in [0, 0.05) is 24.2 Å². The van der Waals surface area contributed by atoms with Crippen molar-refractivity contribution in [2.75, 3.05) is 26.7 Å². The van der Waals surface area contributed by atoms with Gasteiger partial charge in [-0.2, -0.15) is 0 Å². The summed E-state index contributed by atoms with van der Waals surface area (Å²) in [5.74, 6) is 1.02. The molecule has 1 unspecified atom stereocenters. The van der Waals surface area contributed by atoms with Crippen LogP contribution < -0.4 is 10.1 Å². The molecule has 0 saturated heterocycles. The molecule has 1 aromatic carbocycles. The molecule has 3 heteroatoms. The molecule has 1 aliphatic rings. The zero-order chi connectivity index (χ0) is 15.1. The molecule has 1 fully saturated rings. The van der Waals surface area contributed by atoms with Crippen molar-refractivity contribution < 1.29 is 4.74 Å². The molecule has 3 nitrogen and oxygen atoms in total. The van der Waals surface area contributed by atoms with Gasteiger partial charge in [0.15, 0.2) is 0 Å². The molecular weight excluding hydrogens is 260 g/mol. The second-order valence-corrected chi connectivity index (χ2v) is 6.00. The van der Waals surface area contributed by atoms with Crippen LogP contribution in [0.25, 0.3) is 0 Å². The lowest BCUT2D eigenvalue weighted by molar-refractivity contribution is 0.144. The second kappa shape index (κ2) is 8.40. The van der Waals surface area contributed by atoms with E-state index in [2.05, 4.69) is 48.5 Å². The molecule has 0 spiro atoms. The van der Waals surface area contributed by atoms with Crippen molar-refractivity contribution >= 4 is 0 Å². The number of hydrogen-bond acceptors (Lipinski definition) is 3. The summed E-state index contributed by atoms with van der Waals surface area (Å²) >= 11 is 0. The first kappa shape index (κ1) is 16.3. The highest BCUT2D eigenvalue weighted by molar-refractivity contribution is 5.36. The van der Waals surface area contributed by atoms with E-state index in [4.69, 9.17) is 4.74 Å². The van der Waals surface area contributed by atoms with Crippen LogP contribution in [-0.2, 0) is 0 Å². The van der Waals surface area contributed by atoms with Crippen molar-refractivity contribution in [1.82, 2.24) is 10.2 Å². The quantitative estimate of drug-likeness (QED) is 0.752. The van der Waals surface area contributed by atoms with E-state index in [1.807, 2.05) is 6.92 Å². The minimum Gasteiger partial charge on any atom is -0.494 e.